The quantitative estimate of drug-likeness (QED) is 0.113. The molecule has 0 radical (unpaired) electrons. The Bertz CT molecular complexity index is 2400. The van der Waals surface area contributed by atoms with Crippen LogP contribution in [0.4, 0.5) is 42.0 Å². The van der Waals surface area contributed by atoms with Crippen molar-refractivity contribution in [3.8, 4) is 5.75 Å². The van der Waals surface area contributed by atoms with Gasteiger partial charge in [-0.2, -0.15) is 13.8 Å². The van der Waals surface area contributed by atoms with E-state index < -0.39 is 59.8 Å². The standard InChI is InChI=1S/C44H51F3N10O9/c1-54-33-22-49-43(53-37(33)56(26-6-3-4-7-26)24-44(46,47)42(54)63)51-31-21-29(45)28(20-34(31)64-2)38(59)50-25-12-14-55(23-25)15-17-66-19-18-65-16-13-48-30-9-5-8-27-36(30)41(62)57(40(27)61)32-10-11-35(58)52-39(32)60/h5,8-9,20-22,25-26,32,48H,3-4,6-7,10-19,23-24H2,1-2H3,(H,50,59)(H,49,51,53)(H,52,58,60). The summed E-state index contributed by atoms with van der Waals surface area (Å²) in [5.41, 5.74) is 0.784. The number of nitrogens with one attached hydrogen (secondary N) is 4. The predicted octanol–water partition coefficient (Wildman–Crippen LogP) is 3.08. The predicted molar refractivity (Wildman–Crippen MR) is 232 cm³/mol. The van der Waals surface area contributed by atoms with E-state index in [1.165, 1.54) is 37.4 Å². The number of amides is 6. The number of likely N-dealkylation sites (tertiary alicyclic amines) is 1. The molecule has 1 saturated carbocycles. The van der Waals surface area contributed by atoms with Gasteiger partial charge in [-0.05, 0) is 43.9 Å². The van der Waals surface area contributed by atoms with E-state index in [2.05, 4.69) is 36.1 Å². The molecule has 4 N–H and O–H groups in total. The first-order valence-electron chi connectivity index (χ1n) is 22.0. The van der Waals surface area contributed by atoms with Crippen molar-refractivity contribution in [3.05, 3.63) is 59.0 Å². The number of halogens is 3. The molecule has 2 saturated heterocycles. The van der Waals surface area contributed by atoms with Gasteiger partial charge in [0, 0.05) is 63.5 Å². The van der Waals surface area contributed by atoms with Gasteiger partial charge in [-0.25, -0.2) is 9.37 Å². The average molecular weight is 921 g/mol. The van der Waals surface area contributed by atoms with E-state index >= 15 is 13.2 Å². The minimum atomic E-state index is -3.64. The summed E-state index contributed by atoms with van der Waals surface area (Å²) in [5, 5.41) is 11.1. The zero-order valence-electron chi connectivity index (χ0n) is 36.5. The van der Waals surface area contributed by atoms with Gasteiger partial charge >= 0.3 is 5.92 Å². The number of ether oxygens (including phenoxy) is 3. The van der Waals surface area contributed by atoms with Gasteiger partial charge in [0.05, 0.1) is 68.7 Å². The summed E-state index contributed by atoms with van der Waals surface area (Å²) >= 11 is 0. The number of alkyl halides is 2. The maximum atomic E-state index is 15.6. The number of fused-ring (bicyclic) bond motifs is 2. The van der Waals surface area contributed by atoms with Crippen LogP contribution < -0.4 is 35.8 Å². The van der Waals surface area contributed by atoms with Crippen LogP contribution in [-0.4, -0.2) is 153 Å². The van der Waals surface area contributed by atoms with Crippen molar-refractivity contribution in [1.82, 2.24) is 30.4 Å². The van der Waals surface area contributed by atoms with Crippen LogP contribution in [0.1, 0.15) is 76.0 Å². The fourth-order valence-electron chi connectivity index (χ4n) is 9.07. The minimum absolute atomic E-state index is 0.0347. The lowest BCUT2D eigenvalue weighted by Gasteiger charge is -2.31. The van der Waals surface area contributed by atoms with Crippen LogP contribution in [-0.2, 0) is 23.9 Å². The number of methoxy groups -OCH3 is 1. The van der Waals surface area contributed by atoms with Crippen LogP contribution in [0.2, 0.25) is 0 Å². The van der Waals surface area contributed by atoms with Gasteiger partial charge in [-0.1, -0.05) is 18.9 Å². The molecule has 3 fully saturated rings. The van der Waals surface area contributed by atoms with Crippen LogP contribution in [0, 0.1) is 5.82 Å². The smallest absolute Gasteiger partial charge is 0.342 e. The highest BCUT2D eigenvalue weighted by Crippen LogP contribution is 2.40. The van der Waals surface area contributed by atoms with Gasteiger partial charge in [-0.15, -0.1) is 0 Å². The summed E-state index contributed by atoms with van der Waals surface area (Å²) in [4.78, 5) is 90.4. The normalized spacial score (nSPS) is 20.9. The van der Waals surface area contributed by atoms with Crippen molar-refractivity contribution >= 4 is 64.3 Å². The van der Waals surface area contributed by atoms with Crippen molar-refractivity contribution in [3.63, 3.8) is 0 Å². The van der Waals surface area contributed by atoms with Gasteiger partial charge < -0.3 is 40.0 Å². The largest absolute Gasteiger partial charge is 0.495 e. The SMILES string of the molecule is COc1cc(C(=O)NC2CCN(CCOCCOCCNc3cccc4c3C(=O)N(C3CCC(=O)NC3=O)C4=O)C2)c(F)cc1Nc1ncc2c(n1)N(C1CCCC1)CC(F)(F)C(=O)N2C. The average Bonchev–Trinajstić information content (AvgIpc) is 4.04. The lowest BCUT2D eigenvalue weighted by atomic mass is 10.0. The summed E-state index contributed by atoms with van der Waals surface area (Å²) in [7, 11) is 2.61. The molecule has 1 aliphatic carbocycles. The number of imide groups is 2. The molecule has 0 bridgehead atoms. The highest BCUT2D eigenvalue weighted by Gasteiger charge is 2.49. The number of hydrogen-bond donors (Lipinski definition) is 4. The van der Waals surface area contributed by atoms with E-state index in [1.807, 2.05) is 0 Å². The number of hydrogen-bond acceptors (Lipinski definition) is 15. The van der Waals surface area contributed by atoms with Gasteiger partial charge in [0.2, 0.25) is 17.8 Å². The second kappa shape index (κ2) is 19.6. The third-order valence-electron chi connectivity index (χ3n) is 12.5. The second-order valence-electron chi connectivity index (χ2n) is 16.8. The molecule has 1 aromatic heterocycles. The summed E-state index contributed by atoms with van der Waals surface area (Å²) < 4.78 is 62.6. The summed E-state index contributed by atoms with van der Waals surface area (Å²) in [6.07, 6.45) is 5.09. The van der Waals surface area contributed by atoms with E-state index in [0.717, 1.165) is 28.7 Å². The Morgan fingerprint density at radius 2 is 1.74 bits per heavy atom. The molecule has 66 heavy (non-hydrogen) atoms. The fraction of sp³-hybridized carbons (Fsp3) is 0.500. The number of benzene rings is 2. The molecule has 5 aliphatic rings. The van der Waals surface area contributed by atoms with Crippen LogP contribution in [0.25, 0.3) is 0 Å². The first kappa shape index (κ1) is 46.2. The zero-order valence-corrected chi connectivity index (χ0v) is 36.5. The van der Waals surface area contributed by atoms with Gasteiger partial charge in [0.15, 0.2) is 5.82 Å². The molecule has 3 aromatic rings. The summed E-state index contributed by atoms with van der Waals surface area (Å²) in [6.45, 7) is 2.62. The number of rotatable bonds is 17. The third kappa shape index (κ3) is 9.61. The Labute approximate surface area is 377 Å². The Hall–Kier alpha value is -6.39. The van der Waals surface area contributed by atoms with E-state index in [9.17, 15) is 28.8 Å². The zero-order chi connectivity index (χ0) is 46.7. The first-order chi connectivity index (χ1) is 31.7. The number of aromatic nitrogens is 2. The lowest BCUT2D eigenvalue weighted by molar-refractivity contribution is -0.140. The Balaban J connectivity index is 0.763. The molecular formula is C44H51F3N10O9. The van der Waals surface area contributed by atoms with Crippen molar-refractivity contribution in [2.24, 2.45) is 0 Å². The maximum absolute atomic E-state index is 15.6. The lowest BCUT2D eigenvalue weighted by Crippen LogP contribution is -2.54. The minimum Gasteiger partial charge on any atom is -0.495 e. The number of piperidine rings is 1. The molecule has 2 unspecified atom stereocenters. The summed E-state index contributed by atoms with van der Waals surface area (Å²) in [5.74, 6) is -8.51. The van der Waals surface area contributed by atoms with Crippen molar-refractivity contribution in [2.75, 3.05) is 93.7 Å². The van der Waals surface area contributed by atoms with E-state index in [4.69, 9.17) is 14.2 Å². The maximum Gasteiger partial charge on any atom is 0.342 e. The van der Waals surface area contributed by atoms with Crippen LogP contribution >= 0.6 is 0 Å². The number of anilines is 5. The van der Waals surface area contributed by atoms with Crippen LogP contribution in [0.15, 0.2) is 36.5 Å². The number of carbonyl (C=O) groups is 6. The van der Waals surface area contributed by atoms with Gasteiger partial charge in [0.25, 0.3) is 23.6 Å². The van der Waals surface area contributed by atoms with Crippen LogP contribution in [0.5, 0.6) is 5.75 Å². The number of carbonyl (C=O) groups excluding carboxylic acids is 6. The Kier molecular flexibility index (Phi) is 13.7. The molecule has 8 rings (SSSR count). The van der Waals surface area contributed by atoms with E-state index in [1.54, 1.807) is 12.1 Å². The molecule has 22 heteroatoms. The molecule has 5 heterocycles. The summed E-state index contributed by atoms with van der Waals surface area (Å²) in [6, 6.07) is 5.65. The molecule has 4 aliphatic heterocycles. The van der Waals surface area contributed by atoms with Gasteiger partial charge in [-0.3, -0.25) is 43.9 Å². The number of nitrogens with zero attached hydrogens (tertiary/aromatic N) is 6. The highest BCUT2D eigenvalue weighted by atomic mass is 19.3. The fourth-order valence-corrected chi connectivity index (χ4v) is 9.07. The Morgan fingerprint density at radius 1 is 0.970 bits per heavy atom. The highest BCUT2D eigenvalue weighted by molar-refractivity contribution is 6.25. The van der Waals surface area contributed by atoms with Crippen molar-refractivity contribution in [2.45, 2.75) is 69.0 Å². The van der Waals surface area contributed by atoms with Crippen LogP contribution in [0.3, 0.4) is 0 Å². The molecule has 2 atom stereocenters. The van der Waals surface area contributed by atoms with Crippen molar-refractivity contribution in [1.29, 1.82) is 0 Å². The molecule has 352 valence electrons. The Morgan fingerprint density at radius 3 is 2.50 bits per heavy atom. The van der Waals surface area contributed by atoms with E-state index in [0.29, 0.717) is 70.9 Å². The van der Waals surface area contributed by atoms with Crippen molar-refractivity contribution < 1.29 is 56.1 Å². The molecule has 19 nitrogen and oxygen atoms in total. The molecular weight excluding hydrogens is 870 g/mol. The molecule has 0 spiro atoms. The first-order valence-corrected chi connectivity index (χ1v) is 22.0. The molecule has 2 aromatic carbocycles. The topological polar surface area (TPSA) is 217 Å². The monoisotopic (exact) mass is 920 g/mol. The third-order valence-corrected chi connectivity index (χ3v) is 12.5. The second-order valence-corrected chi connectivity index (χ2v) is 16.8. The molecule has 6 amide bonds. The van der Waals surface area contributed by atoms with E-state index in [-0.39, 0.29) is 77.1 Å². The van der Waals surface area contributed by atoms with Gasteiger partial charge in [0.1, 0.15) is 23.3 Å².